The highest BCUT2D eigenvalue weighted by Gasteiger charge is 2.18. The maximum Gasteiger partial charge on any atom is 0.140 e. The van der Waals surface area contributed by atoms with E-state index in [1.807, 2.05) is 4.68 Å². The Hall–Kier alpha value is -0.900. The summed E-state index contributed by atoms with van der Waals surface area (Å²) in [6, 6.07) is 0. The highest BCUT2D eigenvalue weighted by molar-refractivity contribution is 4.84. The molecule has 1 aromatic rings. The van der Waals surface area contributed by atoms with E-state index in [2.05, 4.69) is 36.2 Å². The minimum atomic E-state index is 0.610. The fourth-order valence-electron chi connectivity index (χ4n) is 3.25. The molecule has 0 aromatic carbocycles. The van der Waals surface area contributed by atoms with Crippen molar-refractivity contribution in [1.29, 1.82) is 0 Å². The van der Waals surface area contributed by atoms with Gasteiger partial charge in [0.05, 0.1) is 6.54 Å². The molecule has 1 fully saturated rings. The molecule has 1 aliphatic rings. The average Bonchev–Trinajstić information content (AvgIpc) is 2.81. The summed E-state index contributed by atoms with van der Waals surface area (Å²) in [4.78, 5) is 4.35. The largest absolute Gasteiger partial charge is 0.310 e. The van der Waals surface area contributed by atoms with Crippen LogP contribution in [-0.4, -0.2) is 21.3 Å². The molecule has 1 heterocycles. The Bertz CT molecular complexity index is 386. The topological polar surface area (TPSA) is 42.7 Å². The van der Waals surface area contributed by atoms with Crippen LogP contribution < -0.4 is 5.32 Å². The average molecular weight is 278 g/mol. The first kappa shape index (κ1) is 15.5. The lowest BCUT2D eigenvalue weighted by Crippen LogP contribution is -2.23. The van der Waals surface area contributed by atoms with Crippen molar-refractivity contribution >= 4 is 0 Å². The maximum atomic E-state index is 4.35. The molecule has 0 amide bonds. The molecular formula is C16H30N4. The van der Waals surface area contributed by atoms with E-state index in [0.29, 0.717) is 5.92 Å². The van der Waals surface area contributed by atoms with Gasteiger partial charge in [-0.15, -0.1) is 0 Å². The first-order valence-corrected chi connectivity index (χ1v) is 8.22. The van der Waals surface area contributed by atoms with E-state index in [-0.39, 0.29) is 0 Å². The van der Waals surface area contributed by atoms with Gasteiger partial charge < -0.3 is 5.32 Å². The first-order chi connectivity index (χ1) is 9.65. The van der Waals surface area contributed by atoms with Gasteiger partial charge in [-0.25, -0.2) is 9.67 Å². The van der Waals surface area contributed by atoms with Gasteiger partial charge in [-0.2, -0.15) is 5.10 Å². The van der Waals surface area contributed by atoms with Gasteiger partial charge in [0.1, 0.15) is 12.2 Å². The lowest BCUT2D eigenvalue weighted by Gasteiger charge is -2.26. The van der Waals surface area contributed by atoms with Crippen LogP contribution in [0.25, 0.3) is 0 Å². The van der Waals surface area contributed by atoms with Gasteiger partial charge in [-0.05, 0) is 37.1 Å². The molecule has 0 aliphatic heterocycles. The Morgan fingerprint density at radius 2 is 2.25 bits per heavy atom. The second-order valence-corrected chi connectivity index (χ2v) is 6.86. The molecule has 2 rings (SSSR count). The van der Waals surface area contributed by atoms with Crippen LogP contribution in [0.15, 0.2) is 6.33 Å². The molecule has 1 aliphatic carbocycles. The zero-order chi connectivity index (χ0) is 14.4. The summed E-state index contributed by atoms with van der Waals surface area (Å²) in [5, 5.41) is 7.84. The van der Waals surface area contributed by atoms with Crippen LogP contribution in [0.2, 0.25) is 0 Å². The van der Waals surface area contributed by atoms with E-state index < -0.39 is 0 Å². The van der Waals surface area contributed by atoms with Crippen molar-refractivity contribution in [1.82, 2.24) is 20.1 Å². The Labute approximate surface area is 123 Å². The zero-order valence-electron chi connectivity index (χ0n) is 13.3. The molecular weight excluding hydrogens is 248 g/mol. The molecule has 2 atom stereocenters. The van der Waals surface area contributed by atoms with E-state index in [1.54, 1.807) is 6.33 Å². The van der Waals surface area contributed by atoms with Gasteiger partial charge >= 0.3 is 0 Å². The highest BCUT2D eigenvalue weighted by Crippen LogP contribution is 2.30. The van der Waals surface area contributed by atoms with Crippen LogP contribution in [0.1, 0.15) is 58.7 Å². The van der Waals surface area contributed by atoms with E-state index in [4.69, 9.17) is 0 Å². The van der Waals surface area contributed by atoms with Gasteiger partial charge in [-0.1, -0.05) is 40.0 Å². The van der Waals surface area contributed by atoms with Crippen molar-refractivity contribution in [2.45, 2.75) is 66.0 Å². The molecule has 4 nitrogen and oxygen atoms in total. The molecule has 0 radical (unpaired) electrons. The van der Waals surface area contributed by atoms with Crippen LogP contribution in [0.4, 0.5) is 0 Å². The molecule has 1 aromatic heterocycles. The Balaban J connectivity index is 1.67. The number of nitrogens with one attached hydrogen (secondary N) is 1. The van der Waals surface area contributed by atoms with Crippen LogP contribution in [0.3, 0.4) is 0 Å². The summed E-state index contributed by atoms with van der Waals surface area (Å²) >= 11 is 0. The lowest BCUT2D eigenvalue weighted by atomic mass is 9.81. The first-order valence-electron chi connectivity index (χ1n) is 8.22. The summed E-state index contributed by atoms with van der Waals surface area (Å²) in [5.41, 5.74) is 0. The molecule has 0 bridgehead atoms. The maximum absolute atomic E-state index is 4.35. The van der Waals surface area contributed by atoms with E-state index in [9.17, 15) is 0 Å². The molecule has 114 valence electrons. The quantitative estimate of drug-likeness (QED) is 0.779. The van der Waals surface area contributed by atoms with Crippen molar-refractivity contribution in [3.8, 4) is 0 Å². The Morgan fingerprint density at radius 3 is 3.00 bits per heavy atom. The molecule has 1 N–H and O–H groups in total. The third kappa shape index (κ3) is 4.89. The molecule has 4 heteroatoms. The number of nitrogens with zero attached hydrogens (tertiary/aromatic N) is 3. The Kier molecular flexibility index (Phi) is 6.02. The van der Waals surface area contributed by atoms with E-state index in [0.717, 1.165) is 37.3 Å². The van der Waals surface area contributed by atoms with Crippen molar-refractivity contribution < 1.29 is 0 Å². The van der Waals surface area contributed by atoms with Crippen LogP contribution in [0, 0.1) is 17.8 Å². The Morgan fingerprint density at radius 1 is 1.40 bits per heavy atom. The number of rotatable bonds is 7. The number of hydrogen-bond donors (Lipinski definition) is 1. The lowest BCUT2D eigenvalue weighted by molar-refractivity contribution is 0.267. The van der Waals surface area contributed by atoms with Crippen LogP contribution in [-0.2, 0) is 13.1 Å². The normalized spacial score (nSPS) is 23.4. The molecule has 0 saturated heterocycles. The number of hydrogen-bond acceptors (Lipinski definition) is 3. The fourth-order valence-corrected chi connectivity index (χ4v) is 3.25. The third-order valence-electron chi connectivity index (χ3n) is 4.29. The molecule has 20 heavy (non-hydrogen) atoms. The van der Waals surface area contributed by atoms with E-state index in [1.165, 1.54) is 32.1 Å². The predicted molar refractivity (Wildman–Crippen MR) is 82.3 cm³/mol. The summed E-state index contributed by atoms with van der Waals surface area (Å²) in [6.45, 7) is 9.72. The minimum absolute atomic E-state index is 0.610. The van der Waals surface area contributed by atoms with Gasteiger partial charge in [0.15, 0.2) is 0 Å². The highest BCUT2D eigenvalue weighted by atomic mass is 15.3. The third-order valence-corrected chi connectivity index (χ3v) is 4.29. The predicted octanol–water partition coefficient (Wildman–Crippen LogP) is 3.24. The van der Waals surface area contributed by atoms with Crippen molar-refractivity contribution in [3.05, 3.63) is 12.2 Å². The van der Waals surface area contributed by atoms with Gasteiger partial charge in [0, 0.05) is 6.54 Å². The molecule has 1 saturated carbocycles. The van der Waals surface area contributed by atoms with Gasteiger partial charge in [-0.3, -0.25) is 0 Å². The van der Waals surface area contributed by atoms with Crippen LogP contribution >= 0.6 is 0 Å². The minimum Gasteiger partial charge on any atom is -0.310 e. The summed E-state index contributed by atoms with van der Waals surface area (Å²) in [6.07, 6.45) is 8.68. The summed E-state index contributed by atoms with van der Waals surface area (Å²) < 4.78 is 2.03. The van der Waals surface area contributed by atoms with Crippen molar-refractivity contribution in [2.24, 2.45) is 17.8 Å². The fraction of sp³-hybridized carbons (Fsp3) is 0.875. The molecule has 0 spiro atoms. The second kappa shape index (κ2) is 7.77. The van der Waals surface area contributed by atoms with Crippen molar-refractivity contribution in [2.75, 3.05) is 6.54 Å². The summed E-state index contributed by atoms with van der Waals surface area (Å²) in [7, 11) is 0. The van der Waals surface area contributed by atoms with E-state index >= 15 is 0 Å². The zero-order valence-corrected chi connectivity index (χ0v) is 13.3. The van der Waals surface area contributed by atoms with Crippen LogP contribution in [0.5, 0.6) is 0 Å². The SMILES string of the molecule is CC(C)Cn1ncnc1CNCCC1CCCC(C)C1. The summed E-state index contributed by atoms with van der Waals surface area (Å²) in [5.74, 6) is 3.54. The van der Waals surface area contributed by atoms with Gasteiger partial charge in [0.2, 0.25) is 0 Å². The molecule has 2 unspecified atom stereocenters. The second-order valence-electron chi connectivity index (χ2n) is 6.86. The smallest absolute Gasteiger partial charge is 0.140 e. The monoisotopic (exact) mass is 278 g/mol. The van der Waals surface area contributed by atoms with Gasteiger partial charge in [0.25, 0.3) is 0 Å². The number of aromatic nitrogens is 3. The van der Waals surface area contributed by atoms with Crippen molar-refractivity contribution in [3.63, 3.8) is 0 Å². The standard InChI is InChI=1S/C16H30N4/c1-13(2)11-20-16(18-12-19-20)10-17-8-7-15-6-4-5-14(3)9-15/h12-15,17H,4-11H2,1-3H3.